The maximum absolute atomic E-state index is 6.79. The maximum Gasteiger partial charge on any atom is 0.299 e. The Bertz CT molecular complexity index is 1910. The van der Waals surface area contributed by atoms with Gasteiger partial charge in [-0.05, 0) is 36.4 Å². The molecule has 3 aromatic carbocycles. The van der Waals surface area contributed by atoms with Crippen molar-refractivity contribution in [2.45, 2.75) is 0 Å². The van der Waals surface area contributed by atoms with Gasteiger partial charge in [-0.15, -0.1) is 0 Å². The van der Waals surface area contributed by atoms with E-state index in [9.17, 15) is 0 Å². The van der Waals surface area contributed by atoms with Gasteiger partial charge < -0.3 is 13.0 Å². The zero-order valence-electron chi connectivity index (χ0n) is 16.5. The van der Waals surface area contributed by atoms with Crippen LogP contribution in [0.2, 0.25) is 0 Å². The molecule has 5 heteroatoms. The Hall–Kier alpha value is -3.75. The molecule has 1 unspecified atom stereocenters. The highest BCUT2D eigenvalue weighted by atomic mass is 31.1. The van der Waals surface area contributed by atoms with Crippen LogP contribution in [0.15, 0.2) is 86.0 Å². The van der Waals surface area contributed by atoms with Crippen LogP contribution in [0.5, 0.6) is 0 Å². The molecule has 0 saturated heterocycles. The number of hydrogen-bond acceptors (Lipinski definition) is 3. The Morgan fingerprint density at radius 3 is 2.42 bits per heavy atom. The third-order valence-corrected chi connectivity index (χ3v) is 8.61. The van der Waals surface area contributed by atoms with Gasteiger partial charge in [0.15, 0.2) is 6.20 Å². The van der Waals surface area contributed by atoms with Crippen molar-refractivity contribution in [2.24, 2.45) is 7.05 Å². The van der Waals surface area contributed by atoms with Crippen molar-refractivity contribution in [3.05, 3.63) is 72.9 Å². The molecule has 8 rings (SSSR count). The average molecular weight is 420 g/mol. The molecule has 0 spiro atoms. The quantitative estimate of drug-likeness (QED) is 0.156. The third kappa shape index (κ3) is 1.81. The van der Waals surface area contributed by atoms with Gasteiger partial charge in [0.2, 0.25) is 5.69 Å². The van der Waals surface area contributed by atoms with Gasteiger partial charge in [0, 0.05) is 33.7 Å². The lowest BCUT2D eigenvalue weighted by molar-refractivity contribution is -0.660. The normalized spacial score (nSPS) is 13.3. The minimum absolute atomic E-state index is 0.600. The van der Waals surface area contributed by atoms with Gasteiger partial charge in [0.05, 0.1) is 29.1 Å². The SMILES string of the molecule is C[n+]1ccccc1-c1ccc2oc3oc4ccc5c6c4c3c2c1p-6oc1ccccc15. The summed E-state index contributed by atoms with van der Waals surface area (Å²) in [5.41, 5.74) is 4.99. The number of pyridine rings is 1. The Morgan fingerprint density at radius 2 is 1.52 bits per heavy atom. The van der Waals surface area contributed by atoms with E-state index in [4.69, 9.17) is 13.0 Å². The maximum atomic E-state index is 6.79. The van der Waals surface area contributed by atoms with Crippen LogP contribution in [-0.4, -0.2) is 0 Å². The second-order valence-electron chi connectivity index (χ2n) is 8.11. The summed E-state index contributed by atoms with van der Waals surface area (Å²) >= 11 is 0. The van der Waals surface area contributed by atoms with Crippen LogP contribution in [0.1, 0.15) is 0 Å². The summed E-state index contributed by atoms with van der Waals surface area (Å²) in [6.45, 7) is 0. The van der Waals surface area contributed by atoms with Crippen LogP contribution in [0.4, 0.5) is 0 Å². The minimum atomic E-state index is -1.08. The van der Waals surface area contributed by atoms with E-state index >= 15 is 0 Å². The molecule has 146 valence electrons. The summed E-state index contributed by atoms with van der Waals surface area (Å²) in [7, 11) is 1.00. The van der Waals surface area contributed by atoms with E-state index in [1.165, 1.54) is 21.4 Å². The second kappa shape index (κ2) is 5.29. The van der Waals surface area contributed by atoms with E-state index in [-0.39, 0.29) is 0 Å². The molecule has 0 fully saturated rings. The van der Waals surface area contributed by atoms with E-state index in [1.807, 2.05) is 6.07 Å². The Kier molecular flexibility index (Phi) is 2.73. The van der Waals surface area contributed by atoms with Crippen molar-refractivity contribution in [3.8, 4) is 16.6 Å². The molecule has 3 aromatic heterocycles. The summed E-state index contributed by atoms with van der Waals surface area (Å²) in [5, 5.41) is 8.18. The molecule has 5 heterocycles. The number of fused-ring (bicyclic) bond motifs is 3. The Morgan fingerprint density at radius 1 is 0.710 bits per heavy atom. The molecule has 6 aromatic rings. The average Bonchev–Trinajstić information content (AvgIpc) is 3.34. The minimum Gasteiger partial charge on any atom is -0.445 e. The molecule has 2 aliphatic rings. The van der Waals surface area contributed by atoms with Crippen LogP contribution in [0.25, 0.3) is 71.1 Å². The van der Waals surface area contributed by atoms with E-state index < -0.39 is 7.77 Å². The largest absolute Gasteiger partial charge is 0.445 e. The van der Waals surface area contributed by atoms with Crippen molar-refractivity contribution >= 4 is 62.4 Å². The number of aromatic nitrogens is 1. The molecule has 2 aliphatic heterocycles. The van der Waals surface area contributed by atoms with Crippen molar-refractivity contribution in [1.29, 1.82) is 0 Å². The summed E-state index contributed by atoms with van der Waals surface area (Å²) in [5.74, 6) is 0.600. The lowest BCUT2D eigenvalue weighted by Gasteiger charge is -2.17. The number of hydrogen-bond donors (Lipinski definition) is 0. The first-order valence-electron chi connectivity index (χ1n) is 10.3. The summed E-state index contributed by atoms with van der Waals surface area (Å²) in [6, 6.07) is 23.1. The smallest absolute Gasteiger partial charge is 0.299 e. The molecule has 1 atom stereocenters. The molecular weight excluding hydrogens is 405 g/mol. The molecule has 4 nitrogen and oxygen atoms in total. The number of furan rings is 2. The fourth-order valence-corrected chi connectivity index (χ4v) is 7.60. The van der Waals surface area contributed by atoms with Crippen molar-refractivity contribution in [2.75, 3.05) is 0 Å². The highest BCUT2D eigenvalue weighted by Gasteiger charge is 2.31. The van der Waals surface area contributed by atoms with Crippen LogP contribution in [-0.2, 0) is 7.05 Å². The predicted molar refractivity (Wildman–Crippen MR) is 124 cm³/mol. The highest BCUT2D eigenvalue weighted by Crippen LogP contribution is 2.62. The summed E-state index contributed by atoms with van der Waals surface area (Å²) in [6.07, 6.45) is 2.08. The van der Waals surface area contributed by atoms with Crippen molar-refractivity contribution in [1.82, 2.24) is 0 Å². The molecular formula is C26H15NO3P+. The fraction of sp³-hybridized carbons (Fsp3) is 0.0385. The molecule has 0 N–H and O–H groups in total. The first-order valence-corrected chi connectivity index (χ1v) is 11.5. The topological polar surface area (TPSA) is 43.3 Å². The first kappa shape index (κ1) is 16.0. The molecule has 0 aliphatic carbocycles. The molecule has 31 heavy (non-hydrogen) atoms. The van der Waals surface area contributed by atoms with E-state index in [1.54, 1.807) is 0 Å². The van der Waals surface area contributed by atoms with Gasteiger partial charge in [-0.2, -0.15) is 0 Å². The Balaban J connectivity index is 1.75. The van der Waals surface area contributed by atoms with Gasteiger partial charge >= 0.3 is 0 Å². The lowest BCUT2D eigenvalue weighted by atomic mass is 10.0. The van der Waals surface area contributed by atoms with Crippen LogP contribution in [0, 0.1) is 0 Å². The third-order valence-electron chi connectivity index (χ3n) is 6.49. The number of para-hydroxylation sites is 1. The van der Waals surface area contributed by atoms with Gasteiger partial charge in [0.1, 0.15) is 23.8 Å². The highest BCUT2D eigenvalue weighted by molar-refractivity contribution is 7.59. The van der Waals surface area contributed by atoms with Crippen molar-refractivity contribution in [3.63, 3.8) is 0 Å². The molecule has 0 bridgehead atoms. The lowest BCUT2D eigenvalue weighted by Crippen LogP contribution is -2.29. The van der Waals surface area contributed by atoms with E-state index in [0.29, 0.717) is 5.78 Å². The van der Waals surface area contributed by atoms with Gasteiger partial charge in [-0.3, -0.25) is 0 Å². The van der Waals surface area contributed by atoms with E-state index in [2.05, 4.69) is 78.5 Å². The molecule has 0 amide bonds. The number of aryl methyl sites for hydroxylation is 1. The standard InChI is InChI=1S/C26H15NO3P/c1-27-13-5-4-7-17(27)16-10-12-20-22-23-21-19(28-26(23)29-20)11-9-15-14-6-2-3-8-18(14)30-31(24(15)21)25(16)22/h2-13H,1H3/q+1. The zero-order valence-corrected chi connectivity index (χ0v) is 17.4. The van der Waals surface area contributed by atoms with Crippen molar-refractivity contribution < 1.29 is 17.6 Å². The molecule has 0 saturated carbocycles. The molecule has 0 radical (unpaired) electrons. The Labute approximate surface area is 176 Å². The van der Waals surface area contributed by atoms with Gasteiger partial charge in [-0.1, -0.05) is 18.2 Å². The van der Waals surface area contributed by atoms with Gasteiger partial charge in [-0.25, -0.2) is 4.57 Å². The number of rotatable bonds is 1. The number of benzene rings is 3. The number of nitrogens with zero attached hydrogens (tertiary/aromatic N) is 1. The van der Waals surface area contributed by atoms with Crippen LogP contribution >= 0.6 is 7.77 Å². The van der Waals surface area contributed by atoms with Gasteiger partial charge in [0.25, 0.3) is 5.78 Å². The first-order chi connectivity index (χ1) is 15.3. The van der Waals surface area contributed by atoms with Crippen LogP contribution in [0.3, 0.4) is 0 Å². The second-order valence-corrected chi connectivity index (χ2v) is 9.78. The monoisotopic (exact) mass is 420 g/mol. The fourth-order valence-electron chi connectivity index (χ4n) is 5.17. The van der Waals surface area contributed by atoms with Crippen LogP contribution < -0.4 is 4.57 Å². The summed E-state index contributed by atoms with van der Waals surface area (Å²) < 4.78 is 21.3. The zero-order chi connectivity index (χ0) is 20.3. The van der Waals surface area contributed by atoms with E-state index in [0.717, 1.165) is 44.0 Å². The summed E-state index contributed by atoms with van der Waals surface area (Å²) in [4.78, 5) is 0. The predicted octanol–water partition coefficient (Wildman–Crippen LogP) is 7.57.